The van der Waals surface area contributed by atoms with E-state index in [1.54, 1.807) is 0 Å². The maximum atomic E-state index is 12.5. The molecular weight excluding hydrogens is 278 g/mol. The van der Waals surface area contributed by atoms with Gasteiger partial charge in [0.1, 0.15) is 11.9 Å². The Morgan fingerprint density at radius 1 is 1.36 bits per heavy atom. The van der Waals surface area contributed by atoms with Crippen molar-refractivity contribution in [3.05, 3.63) is 23.8 Å². The first-order chi connectivity index (χ1) is 10.8. The third kappa shape index (κ3) is 3.59. The summed E-state index contributed by atoms with van der Waals surface area (Å²) in [6, 6.07) is 5.73. The van der Waals surface area contributed by atoms with Gasteiger partial charge in [0.05, 0.1) is 18.8 Å². The molecule has 0 bridgehead atoms. The molecule has 2 aliphatic heterocycles. The molecule has 2 N–H and O–H groups in total. The Bertz CT molecular complexity index is 525. The van der Waals surface area contributed by atoms with Gasteiger partial charge in [-0.2, -0.15) is 0 Å². The third-order valence-electron chi connectivity index (χ3n) is 4.37. The van der Waals surface area contributed by atoms with Crippen LogP contribution >= 0.6 is 0 Å². The fourth-order valence-electron chi connectivity index (χ4n) is 2.97. The van der Waals surface area contributed by atoms with Crippen molar-refractivity contribution < 1.29 is 9.53 Å². The smallest absolute Gasteiger partial charge is 0.176 e. The molecule has 0 spiro atoms. The highest BCUT2D eigenvalue weighted by molar-refractivity contribution is 5.98. The van der Waals surface area contributed by atoms with Gasteiger partial charge >= 0.3 is 0 Å². The topological polar surface area (TPSA) is 53.6 Å². The van der Waals surface area contributed by atoms with Gasteiger partial charge in [-0.3, -0.25) is 9.69 Å². The van der Waals surface area contributed by atoms with Crippen molar-refractivity contribution in [3.63, 3.8) is 0 Å². The van der Waals surface area contributed by atoms with Gasteiger partial charge in [0.2, 0.25) is 0 Å². The Balaban J connectivity index is 1.65. The van der Waals surface area contributed by atoms with E-state index >= 15 is 0 Å². The zero-order valence-electron chi connectivity index (χ0n) is 13.2. The van der Waals surface area contributed by atoms with Crippen molar-refractivity contribution in [2.24, 2.45) is 0 Å². The number of Topliss-reactive ketones (excluding diaryl/α,β-unsaturated/α-hetero) is 1. The van der Waals surface area contributed by atoms with Gasteiger partial charge in [-0.15, -0.1) is 0 Å². The number of hydrogen-bond donors (Lipinski definition) is 2. The van der Waals surface area contributed by atoms with E-state index in [0.717, 1.165) is 62.6 Å². The molecule has 1 atom stereocenters. The molecule has 0 radical (unpaired) electrons. The summed E-state index contributed by atoms with van der Waals surface area (Å²) in [5.74, 6) is 1.04. The number of nitrogens with one attached hydrogen (secondary N) is 2. The number of rotatable bonds is 4. The Morgan fingerprint density at radius 2 is 2.27 bits per heavy atom. The fraction of sp³-hybridized carbons (Fsp3) is 0.588. The van der Waals surface area contributed by atoms with Crippen molar-refractivity contribution >= 4 is 11.5 Å². The van der Waals surface area contributed by atoms with Gasteiger partial charge < -0.3 is 15.4 Å². The van der Waals surface area contributed by atoms with Crippen LogP contribution in [0.25, 0.3) is 0 Å². The van der Waals surface area contributed by atoms with Crippen LogP contribution in [0.1, 0.15) is 30.1 Å². The molecule has 1 saturated heterocycles. The van der Waals surface area contributed by atoms with Crippen LogP contribution in [-0.2, 0) is 0 Å². The number of fused-ring (bicyclic) bond motifs is 1. The molecule has 1 aromatic carbocycles. The standard InChI is InChI=1S/C17H25N3O2/c1-2-14-11-19-15-10-13(4-5-17(15)22-14)16(21)12-20-8-3-6-18-7-9-20/h4-5,10,14,18-19H,2-3,6-9,11-12H2,1H3. The van der Waals surface area contributed by atoms with Crippen LogP contribution in [0, 0.1) is 0 Å². The lowest BCUT2D eigenvalue weighted by molar-refractivity contribution is 0.0935. The molecular formula is C17H25N3O2. The normalized spacial score (nSPS) is 22.1. The van der Waals surface area contributed by atoms with E-state index in [1.807, 2.05) is 18.2 Å². The summed E-state index contributed by atoms with van der Waals surface area (Å²) in [6.45, 7) is 7.36. The predicted octanol–water partition coefficient (Wildman–Crippen LogP) is 1.75. The van der Waals surface area contributed by atoms with Crippen LogP contribution in [0.15, 0.2) is 18.2 Å². The first-order valence-electron chi connectivity index (χ1n) is 8.27. The average molecular weight is 303 g/mol. The number of anilines is 1. The Labute approximate surface area is 132 Å². The van der Waals surface area contributed by atoms with Gasteiger partial charge in [0.25, 0.3) is 0 Å². The summed E-state index contributed by atoms with van der Waals surface area (Å²) < 4.78 is 5.89. The van der Waals surface area contributed by atoms with Crippen LogP contribution in [0.3, 0.4) is 0 Å². The monoisotopic (exact) mass is 303 g/mol. The van der Waals surface area contributed by atoms with Crippen LogP contribution in [-0.4, -0.2) is 56.1 Å². The van der Waals surface area contributed by atoms with Crippen molar-refractivity contribution in [2.75, 3.05) is 44.6 Å². The second-order valence-electron chi connectivity index (χ2n) is 6.04. The van der Waals surface area contributed by atoms with Crippen LogP contribution in [0.5, 0.6) is 5.75 Å². The number of hydrogen-bond acceptors (Lipinski definition) is 5. The molecule has 0 aromatic heterocycles. The molecule has 3 rings (SSSR count). The molecule has 1 fully saturated rings. The quantitative estimate of drug-likeness (QED) is 0.830. The molecule has 0 saturated carbocycles. The van der Waals surface area contributed by atoms with Crippen molar-refractivity contribution in [2.45, 2.75) is 25.9 Å². The largest absolute Gasteiger partial charge is 0.486 e. The van der Waals surface area contributed by atoms with E-state index in [1.165, 1.54) is 0 Å². The molecule has 0 amide bonds. The SMILES string of the molecule is CCC1CNc2cc(C(=O)CN3CCCNCC3)ccc2O1. The summed E-state index contributed by atoms with van der Waals surface area (Å²) in [4.78, 5) is 14.7. The molecule has 5 heteroatoms. The Kier molecular flexibility index (Phi) is 4.95. The molecule has 0 aliphatic carbocycles. The van der Waals surface area contributed by atoms with Crippen molar-refractivity contribution in [1.82, 2.24) is 10.2 Å². The van der Waals surface area contributed by atoms with Gasteiger partial charge in [-0.25, -0.2) is 0 Å². The van der Waals surface area contributed by atoms with E-state index < -0.39 is 0 Å². The van der Waals surface area contributed by atoms with Crippen LogP contribution < -0.4 is 15.4 Å². The minimum atomic E-state index is 0.184. The molecule has 2 heterocycles. The van der Waals surface area contributed by atoms with Crippen molar-refractivity contribution in [1.29, 1.82) is 0 Å². The predicted molar refractivity (Wildman–Crippen MR) is 87.9 cm³/mol. The zero-order valence-corrected chi connectivity index (χ0v) is 13.2. The van der Waals surface area contributed by atoms with E-state index in [4.69, 9.17) is 4.74 Å². The summed E-state index contributed by atoms with van der Waals surface area (Å²) in [6.07, 6.45) is 2.31. The minimum absolute atomic E-state index is 0.184. The first kappa shape index (κ1) is 15.3. The summed E-state index contributed by atoms with van der Waals surface area (Å²) >= 11 is 0. The van der Waals surface area contributed by atoms with Gasteiger partial charge in [0.15, 0.2) is 5.78 Å². The lowest BCUT2D eigenvalue weighted by atomic mass is 10.1. The van der Waals surface area contributed by atoms with Gasteiger partial charge in [-0.1, -0.05) is 6.92 Å². The second kappa shape index (κ2) is 7.11. The lowest BCUT2D eigenvalue weighted by Crippen LogP contribution is -2.33. The average Bonchev–Trinajstić information content (AvgIpc) is 2.82. The zero-order chi connectivity index (χ0) is 15.4. The second-order valence-corrected chi connectivity index (χ2v) is 6.04. The lowest BCUT2D eigenvalue weighted by Gasteiger charge is -2.27. The Hall–Kier alpha value is -1.59. The summed E-state index contributed by atoms with van der Waals surface area (Å²) in [5, 5.41) is 6.73. The van der Waals surface area contributed by atoms with E-state index in [2.05, 4.69) is 22.5 Å². The molecule has 1 aromatic rings. The number of carbonyl (C=O) groups is 1. The highest BCUT2D eigenvalue weighted by atomic mass is 16.5. The van der Waals surface area contributed by atoms with E-state index in [0.29, 0.717) is 6.54 Å². The van der Waals surface area contributed by atoms with E-state index in [9.17, 15) is 4.79 Å². The van der Waals surface area contributed by atoms with Gasteiger partial charge in [-0.05, 0) is 44.1 Å². The van der Waals surface area contributed by atoms with E-state index in [-0.39, 0.29) is 11.9 Å². The summed E-state index contributed by atoms with van der Waals surface area (Å²) in [7, 11) is 0. The molecule has 120 valence electrons. The number of nitrogens with zero attached hydrogens (tertiary/aromatic N) is 1. The maximum Gasteiger partial charge on any atom is 0.176 e. The number of ether oxygens (including phenoxy) is 1. The molecule has 1 unspecified atom stereocenters. The Morgan fingerprint density at radius 3 is 3.14 bits per heavy atom. The summed E-state index contributed by atoms with van der Waals surface area (Å²) in [5.41, 5.74) is 1.70. The fourth-order valence-corrected chi connectivity index (χ4v) is 2.97. The minimum Gasteiger partial charge on any atom is -0.486 e. The number of benzene rings is 1. The highest BCUT2D eigenvalue weighted by Crippen LogP contribution is 2.30. The van der Waals surface area contributed by atoms with Crippen LogP contribution in [0.2, 0.25) is 0 Å². The first-order valence-corrected chi connectivity index (χ1v) is 8.27. The highest BCUT2D eigenvalue weighted by Gasteiger charge is 2.20. The maximum absolute atomic E-state index is 12.5. The number of ketones is 1. The van der Waals surface area contributed by atoms with Crippen molar-refractivity contribution in [3.8, 4) is 5.75 Å². The number of carbonyl (C=O) groups excluding carboxylic acids is 1. The third-order valence-corrected chi connectivity index (χ3v) is 4.37. The molecule has 2 aliphatic rings. The molecule has 22 heavy (non-hydrogen) atoms. The van der Waals surface area contributed by atoms with Crippen LogP contribution in [0.4, 0.5) is 5.69 Å². The molecule has 5 nitrogen and oxygen atoms in total. The van der Waals surface area contributed by atoms with Gasteiger partial charge in [0, 0.05) is 18.7 Å².